The van der Waals surface area contributed by atoms with E-state index in [1.807, 2.05) is 0 Å². The molecule has 0 aliphatic heterocycles. The van der Waals surface area contributed by atoms with Gasteiger partial charge >= 0.3 is 79.7 Å². The van der Waals surface area contributed by atoms with Crippen LogP contribution < -0.4 is 0 Å². The summed E-state index contributed by atoms with van der Waals surface area (Å²) in [7, 11) is 0. The zero-order chi connectivity index (χ0) is 8.91. The van der Waals surface area contributed by atoms with Gasteiger partial charge in [-0.3, -0.25) is 0 Å². The predicted octanol–water partition coefficient (Wildman–Crippen LogP) is 2.31. The van der Waals surface area contributed by atoms with Crippen LogP contribution >= 0.6 is 0 Å². The summed E-state index contributed by atoms with van der Waals surface area (Å²) in [6.45, 7) is 13.3. The molecule has 0 saturated heterocycles. The van der Waals surface area contributed by atoms with Gasteiger partial charge < -0.3 is 0 Å². The van der Waals surface area contributed by atoms with E-state index in [1.54, 1.807) is 0 Å². The molecule has 3 heteroatoms. The molecule has 0 aromatic carbocycles. The summed E-state index contributed by atoms with van der Waals surface area (Å²) in [5.74, 6) is 0. The van der Waals surface area contributed by atoms with E-state index in [0.717, 1.165) is 0 Å². The SMILES string of the molecule is CC[N](CC)[Ta]=[N]C(C)(C)C. The van der Waals surface area contributed by atoms with E-state index in [0.29, 0.717) is 0 Å². The molecular formula is C8H19N2Ta. The number of rotatable bonds is 3. The molecule has 0 fully saturated rings. The van der Waals surface area contributed by atoms with Crippen LogP contribution in [0.5, 0.6) is 0 Å². The van der Waals surface area contributed by atoms with Crippen LogP contribution in [0.1, 0.15) is 34.6 Å². The summed E-state index contributed by atoms with van der Waals surface area (Å²) in [6, 6.07) is 0. The van der Waals surface area contributed by atoms with Crippen molar-refractivity contribution in [1.29, 1.82) is 0 Å². The Balaban J connectivity index is 3.89. The maximum absolute atomic E-state index is 4.70. The third-order valence-electron chi connectivity index (χ3n) is 1.20. The normalized spacial score (nSPS) is 13.3. The molecular weight excluding hydrogens is 305 g/mol. The van der Waals surface area contributed by atoms with Gasteiger partial charge in [-0.1, -0.05) is 0 Å². The molecule has 0 bridgehead atoms. The van der Waals surface area contributed by atoms with Crippen LogP contribution in [0, 0.1) is 0 Å². The van der Waals surface area contributed by atoms with E-state index in [1.165, 1.54) is 13.1 Å². The molecule has 0 radical (unpaired) electrons. The summed E-state index contributed by atoms with van der Waals surface area (Å²) >= 11 is -0.678. The molecule has 0 saturated carbocycles. The molecule has 0 heterocycles. The average Bonchev–Trinajstić information content (AvgIpc) is 1.88. The third-order valence-corrected chi connectivity index (χ3v) is 6.62. The van der Waals surface area contributed by atoms with Gasteiger partial charge in [-0.25, -0.2) is 0 Å². The molecule has 2 nitrogen and oxygen atoms in total. The number of hydrogen-bond acceptors (Lipinski definition) is 1. The van der Waals surface area contributed by atoms with Gasteiger partial charge in [0.05, 0.1) is 0 Å². The fourth-order valence-corrected chi connectivity index (χ4v) is 2.87. The van der Waals surface area contributed by atoms with Gasteiger partial charge in [-0.15, -0.1) is 0 Å². The standard InChI is InChI=1S/C4H9N.C4H10N.Ta/c1-4(2,3)5;1-3-5-4-2;/h1-3H3;3-4H2,1-2H3;/q;-1;+1. The summed E-state index contributed by atoms with van der Waals surface area (Å²) in [5, 5.41) is 0. The van der Waals surface area contributed by atoms with Crippen molar-refractivity contribution in [3.8, 4) is 0 Å². The van der Waals surface area contributed by atoms with Crippen molar-refractivity contribution in [3.63, 3.8) is 0 Å². The molecule has 0 aliphatic rings. The van der Waals surface area contributed by atoms with Crippen LogP contribution in [-0.4, -0.2) is 21.9 Å². The zero-order valence-corrected chi connectivity index (χ0v) is 11.5. The first-order chi connectivity index (χ1) is 4.99. The van der Waals surface area contributed by atoms with Crippen LogP contribution in [0.3, 0.4) is 0 Å². The van der Waals surface area contributed by atoms with E-state index in [4.69, 9.17) is 3.34 Å². The van der Waals surface area contributed by atoms with Gasteiger partial charge in [0.15, 0.2) is 0 Å². The van der Waals surface area contributed by atoms with Gasteiger partial charge in [0.2, 0.25) is 0 Å². The Morgan fingerprint density at radius 1 is 1.18 bits per heavy atom. The van der Waals surface area contributed by atoms with Crippen LogP contribution in [0.25, 0.3) is 0 Å². The summed E-state index contributed by atoms with van der Waals surface area (Å²) in [4.78, 5) is 0. The molecule has 0 aliphatic carbocycles. The molecule has 0 unspecified atom stereocenters. The molecule has 0 aromatic rings. The zero-order valence-electron chi connectivity index (χ0n) is 8.26. The van der Waals surface area contributed by atoms with Crippen LogP contribution in [-0.2, 0) is 19.8 Å². The summed E-state index contributed by atoms with van der Waals surface area (Å²) in [6.07, 6.45) is 0. The van der Waals surface area contributed by atoms with E-state index in [-0.39, 0.29) is 5.54 Å². The Bertz CT molecular complexity index is 123. The Hall–Kier alpha value is 0.500. The molecule has 0 aromatic heterocycles. The van der Waals surface area contributed by atoms with Gasteiger partial charge in [-0.2, -0.15) is 0 Å². The van der Waals surface area contributed by atoms with Crippen molar-refractivity contribution in [2.75, 3.05) is 13.1 Å². The molecule has 0 atom stereocenters. The second-order valence-corrected chi connectivity index (χ2v) is 6.89. The quantitative estimate of drug-likeness (QED) is 0.778. The van der Waals surface area contributed by atoms with Crippen molar-refractivity contribution in [2.24, 2.45) is 3.34 Å². The van der Waals surface area contributed by atoms with Crippen LogP contribution in [0.4, 0.5) is 0 Å². The number of hydrogen-bond donors (Lipinski definition) is 0. The van der Waals surface area contributed by atoms with E-state index >= 15 is 0 Å². The first-order valence-corrected chi connectivity index (χ1v) is 7.04. The Morgan fingerprint density at radius 3 is 1.91 bits per heavy atom. The number of nitrogens with zero attached hydrogens (tertiary/aromatic N) is 2. The molecule has 0 rings (SSSR count). The minimum atomic E-state index is -0.678. The van der Waals surface area contributed by atoms with Crippen LogP contribution in [0.2, 0.25) is 0 Å². The summed E-state index contributed by atoms with van der Waals surface area (Å²) < 4.78 is 7.20. The van der Waals surface area contributed by atoms with Gasteiger partial charge in [0.1, 0.15) is 0 Å². The Kier molecular flexibility index (Phi) is 5.44. The van der Waals surface area contributed by atoms with E-state index < -0.39 is 19.8 Å². The Labute approximate surface area is 79.9 Å². The van der Waals surface area contributed by atoms with Gasteiger partial charge in [0.25, 0.3) is 0 Å². The first-order valence-electron chi connectivity index (χ1n) is 4.17. The fourth-order valence-electron chi connectivity index (χ4n) is 0.548. The van der Waals surface area contributed by atoms with Crippen molar-refractivity contribution in [3.05, 3.63) is 0 Å². The molecule has 0 spiro atoms. The van der Waals surface area contributed by atoms with Gasteiger partial charge in [0, 0.05) is 0 Å². The fraction of sp³-hybridized carbons (Fsp3) is 1.00. The summed E-state index contributed by atoms with van der Waals surface area (Å²) in [5.41, 5.74) is 0.194. The van der Waals surface area contributed by atoms with Crippen LogP contribution in [0.15, 0.2) is 3.34 Å². The third kappa shape index (κ3) is 6.88. The van der Waals surface area contributed by atoms with Gasteiger partial charge in [-0.05, 0) is 0 Å². The Morgan fingerprint density at radius 2 is 1.64 bits per heavy atom. The second-order valence-electron chi connectivity index (χ2n) is 3.50. The molecule has 11 heavy (non-hydrogen) atoms. The van der Waals surface area contributed by atoms with Crippen molar-refractivity contribution >= 4 is 0 Å². The van der Waals surface area contributed by atoms with Crippen molar-refractivity contribution in [1.82, 2.24) is 3.30 Å². The molecule has 0 N–H and O–H groups in total. The topological polar surface area (TPSA) is 15.6 Å². The van der Waals surface area contributed by atoms with Crippen molar-refractivity contribution < 1.29 is 19.8 Å². The minimum absolute atomic E-state index is 0.194. The first kappa shape index (κ1) is 11.5. The average molecular weight is 324 g/mol. The second kappa shape index (κ2) is 5.20. The van der Waals surface area contributed by atoms with Crippen molar-refractivity contribution in [2.45, 2.75) is 40.2 Å². The maximum atomic E-state index is 4.70. The van der Waals surface area contributed by atoms with E-state index in [2.05, 4.69) is 37.9 Å². The van der Waals surface area contributed by atoms with E-state index in [9.17, 15) is 0 Å². The molecule has 66 valence electrons. The predicted molar refractivity (Wildman–Crippen MR) is 45.1 cm³/mol. The molecule has 0 amide bonds. The monoisotopic (exact) mass is 324 g/mol.